The Hall–Kier alpha value is -1.41. The number of rotatable bonds is 3. The van der Waals surface area contributed by atoms with Crippen molar-refractivity contribution in [1.29, 1.82) is 0 Å². The second kappa shape index (κ2) is 8.14. The molecule has 0 aromatic heterocycles. The predicted molar refractivity (Wildman–Crippen MR) is 104 cm³/mol. The van der Waals surface area contributed by atoms with Crippen molar-refractivity contribution < 1.29 is 30.7 Å². The van der Waals surface area contributed by atoms with Gasteiger partial charge in [-0.15, -0.1) is 0 Å². The average Bonchev–Trinajstić information content (AvgIpc) is 2.69. The van der Waals surface area contributed by atoms with Gasteiger partial charge in [-0.2, -0.15) is 13.2 Å². The maximum atomic E-state index is 10.7. The van der Waals surface area contributed by atoms with Gasteiger partial charge in [-0.25, -0.2) is 13.0 Å². The van der Waals surface area contributed by atoms with Gasteiger partial charge in [0.25, 0.3) is 0 Å². The van der Waals surface area contributed by atoms with E-state index in [-0.39, 0.29) is 11.0 Å². The Morgan fingerprint density at radius 2 is 1.54 bits per heavy atom. The molecule has 0 N–H and O–H groups in total. The van der Waals surface area contributed by atoms with Crippen LogP contribution in [0, 0.1) is 5.41 Å². The van der Waals surface area contributed by atoms with Crippen molar-refractivity contribution in [1.82, 2.24) is 0 Å². The Kier molecular flexibility index (Phi) is 7.16. The van der Waals surface area contributed by atoms with Crippen LogP contribution in [-0.4, -0.2) is 40.3 Å². The van der Waals surface area contributed by atoms with Crippen LogP contribution in [0.4, 0.5) is 13.2 Å². The van der Waals surface area contributed by atoms with E-state index >= 15 is 0 Å². The van der Waals surface area contributed by atoms with Gasteiger partial charge in [0.2, 0.25) is 0 Å². The lowest BCUT2D eigenvalue weighted by Crippen LogP contribution is -2.38. The van der Waals surface area contributed by atoms with Gasteiger partial charge in [0, 0.05) is 12.0 Å². The molecule has 8 heteroatoms. The summed E-state index contributed by atoms with van der Waals surface area (Å²) in [4.78, 5) is 0. The van der Waals surface area contributed by atoms with Crippen LogP contribution < -0.4 is 0 Å². The molecular weight excluding hydrogens is 391 g/mol. The second-order valence-corrected chi connectivity index (χ2v) is 10.0. The number of aryl methyl sites for hydroxylation is 1. The van der Waals surface area contributed by atoms with Crippen molar-refractivity contribution in [2.24, 2.45) is 5.41 Å². The minimum atomic E-state index is -6.09. The number of hydrogen-bond acceptors (Lipinski definition) is 3. The lowest BCUT2D eigenvalue weighted by atomic mass is 9.79. The fraction of sp³-hybridized carbons (Fsp3) is 0.650. The van der Waals surface area contributed by atoms with Gasteiger partial charge in [-0.05, 0) is 65.7 Å². The largest absolute Gasteiger partial charge is 0.741 e. The Morgan fingerprint density at radius 3 is 1.86 bits per heavy atom. The molecule has 28 heavy (non-hydrogen) atoms. The van der Waals surface area contributed by atoms with E-state index in [4.69, 9.17) is 13.0 Å². The minimum absolute atomic E-state index is 0.233. The van der Waals surface area contributed by atoms with Gasteiger partial charge in [-0.3, -0.25) is 0 Å². The van der Waals surface area contributed by atoms with Gasteiger partial charge in [0.1, 0.15) is 6.04 Å². The topological polar surface area (TPSA) is 60.2 Å². The van der Waals surface area contributed by atoms with Gasteiger partial charge >= 0.3 is 5.51 Å². The monoisotopic (exact) mass is 421 g/mol. The van der Waals surface area contributed by atoms with E-state index in [1.807, 2.05) is 0 Å². The van der Waals surface area contributed by atoms with Crippen molar-refractivity contribution in [3.63, 3.8) is 0 Å². The second-order valence-electron chi connectivity index (χ2n) is 8.64. The highest BCUT2D eigenvalue weighted by Crippen LogP contribution is 2.41. The third kappa shape index (κ3) is 5.56. The first-order valence-electron chi connectivity index (χ1n) is 9.22. The molecule has 0 saturated heterocycles. The zero-order valence-electron chi connectivity index (χ0n) is 17.5. The average molecular weight is 422 g/mol. The number of hydrogen-bond donors (Lipinski definition) is 0. The van der Waals surface area contributed by atoms with Crippen LogP contribution in [0.5, 0.6) is 0 Å². The molecule has 0 bridgehead atoms. The summed E-state index contributed by atoms with van der Waals surface area (Å²) in [5.41, 5.74) is -0.850. The molecule has 0 radical (unpaired) electrons. The summed E-state index contributed by atoms with van der Waals surface area (Å²) in [5.74, 6) is 0. The van der Waals surface area contributed by atoms with E-state index in [0.29, 0.717) is 6.04 Å². The summed E-state index contributed by atoms with van der Waals surface area (Å²) >= 11 is 0. The fourth-order valence-electron chi connectivity index (χ4n) is 4.26. The van der Waals surface area contributed by atoms with Gasteiger partial charge in [-0.1, -0.05) is 19.1 Å². The van der Waals surface area contributed by atoms with Crippen molar-refractivity contribution in [3.8, 4) is 0 Å². The third-order valence-corrected chi connectivity index (χ3v) is 5.41. The molecule has 160 valence electrons. The van der Waals surface area contributed by atoms with Crippen LogP contribution in [-0.2, 0) is 16.5 Å². The predicted octanol–water partition coefficient (Wildman–Crippen LogP) is 4.72. The summed E-state index contributed by atoms with van der Waals surface area (Å²) in [6.45, 7) is 16.4. The summed E-state index contributed by atoms with van der Waals surface area (Å²) in [6, 6.07) is 9.72. The molecule has 0 saturated carbocycles. The van der Waals surface area contributed by atoms with E-state index in [2.05, 4.69) is 77.3 Å². The molecule has 0 amide bonds. The summed E-state index contributed by atoms with van der Waals surface area (Å²) < 4.78 is 61.5. The van der Waals surface area contributed by atoms with Crippen LogP contribution >= 0.6 is 0 Å². The molecule has 0 aliphatic carbocycles. The van der Waals surface area contributed by atoms with Crippen molar-refractivity contribution in [2.75, 3.05) is 0 Å². The maximum absolute atomic E-state index is 10.7. The zero-order valence-corrected chi connectivity index (χ0v) is 18.3. The first-order valence-corrected chi connectivity index (χ1v) is 10.6. The molecule has 1 aliphatic rings. The van der Waals surface area contributed by atoms with Crippen LogP contribution in [0.3, 0.4) is 0 Å². The maximum Gasteiger partial charge on any atom is 0.485 e. The number of halogens is 3. The smallest absolute Gasteiger partial charge is 0.485 e. The first-order chi connectivity index (χ1) is 12.4. The van der Waals surface area contributed by atoms with Crippen LogP contribution in [0.2, 0.25) is 0 Å². The standard InChI is InChI=1S/C19H30N.CHF3O3S/c1-8-15-9-11-16(12-10-15)17-18(4,5)13-19(6,7)20(17)14(2)3;2-1(3,4)8(5,6)7/h9-12,14H,8,13H2,1-7H3;(H,5,6,7)/q+1;/p-1. The molecule has 0 atom stereocenters. The van der Waals surface area contributed by atoms with E-state index < -0.39 is 15.6 Å². The van der Waals surface area contributed by atoms with E-state index in [0.717, 1.165) is 6.42 Å². The number of alkyl halides is 3. The SMILES string of the molecule is CCc1ccc(C2=[N+](C(C)C)C(C)(C)CC2(C)C)cc1.O=S(=O)([O-])C(F)(F)F. The summed E-state index contributed by atoms with van der Waals surface area (Å²) in [5, 5.41) is 0. The quantitative estimate of drug-likeness (QED) is 0.403. The van der Waals surface area contributed by atoms with Crippen LogP contribution in [0.1, 0.15) is 66.0 Å². The third-order valence-electron chi connectivity index (χ3n) is 4.84. The Bertz CT molecular complexity index is 821. The summed E-state index contributed by atoms with van der Waals surface area (Å²) in [7, 11) is -6.09. The molecule has 0 fully saturated rings. The number of nitrogens with zero attached hydrogens (tertiary/aromatic N) is 1. The summed E-state index contributed by atoms with van der Waals surface area (Å²) in [6.07, 6.45) is 2.32. The van der Waals surface area contributed by atoms with Gasteiger partial charge < -0.3 is 4.55 Å². The molecule has 0 unspecified atom stereocenters. The number of benzene rings is 1. The van der Waals surface area contributed by atoms with Gasteiger partial charge in [0.15, 0.2) is 21.4 Å². The molecule has 1 heterocycles. The normalized spacial score (nSPS) is 18.9. The van der Waals surface area contributed by atoms with Crippen molar-refractivity contribution >= 4 is 15.8 Å². The molecule has 4 nitrogen and oxygen atoms in total. The molecule has 1 aliphatic heterocycles. The fourth-order valence-corrected chi connectivity index (χ4v) is 4.26. The van der Waals surface area contributed by atoms with Crippen molar-refractivity contribution in [2.45, 2.75) is 78.4 Å². The Balaban J connectivity index is 0.000000416. The molecule has 2 rings (SSSR count). The van der Waals surface area contributed by atoms with Crippen LogP contribution in [0.15, 0.2) is 24.3 Å². The lowest BCUT2D eigenvalue weighted by molar-refractivity contribution is -0.619. The Morgan fingerprint density at radius 1 is 1.11 bits per heavy atom. The van der Waals surface area contributed by atoms with E-state index in [1.165, 1.54) is 23.3 Å². The van der Waals surface area contributed by atoms with Crippen LogP contribution in [0.25, 0.3) is 0 Å². The zero-order chi connectivity index (χ0) is 22.1. The van der Waals surface area contributed by atoms with Crippen molar-refractivity contribution in [3.05, 3.63) is 35.4 Å². The molecular formula is C20H30F3NO3S. The first kappa shape index (κ1) is 24.6. The molecule has 1 aromatic carbocycles. The minimum Gasteiger partial charge on any atom is -0.741 e. The molecule has 0 spiro atoms. The van der Waals surface area contributed by atoms with E-state index in [9.17, 15) is 13.2 Å². The lowest BCUT2D eigenvalue weighted by Gasteiger charge is -2.21. The highest BCUT2D eigenvalue weighted by Gasteiger charge is 2.52. The van der Waals surface area contributed by atoms with E-state index in [1.54, 1.807) is 0 Å². The highest BCUT2D eigenvalue weighted by atomic mass is 32.2. The molecule has 1 aromatic rings. The van der Waals surface area contributed by atoms with Gasteiger partial charge in [0.05, 0.1) is 5.41 Å². The Labute approximate surface area is 166 Å². The highest BCUT2D eigenvalue weighted by molar-refractivity contribution is 7.86.